The van der Waals surface area contributed by atoms with Crippen LogP contribution in [-0.2, 0) is 0 Å². The van der Waals surface area contributed by atoms with Gasteiger partial charge >= 0.3 is 29.6 Å². The molecule has 0 unspecified atom stereocenters. The summed E-state index contributed by atoms with van der Waals surface area (Å²) in [7, 11) is 0. The molecule has 0 aliphatic heterocycles. The van der Waals surface area contributed by atoms with Crippen molar-refractivity contribution >= 4 is 29.6 Å². The van der Waals surface area contributed by atoms with E-state index in [1.54, 1.807) is 12.3 Å². The van der Waals surface area contributed by atoms with E-state index in [4.69, 9.17) is 29.6 Å². The van der Waals surface area contributed by atoms with E-state index in [-0.39, 0.29) is 31.0 Å². The summed E-state index contributed by atoms with van der Waals surface area (Å²) in [6, 6.07) is 1.61. The maximum atomic E-state index is 5.59. The van der Waals surface area contributed by atoms with Crippen molar-refractivity contribution in [3.63, 3.8) is 0 Å². The second-order valence-electron chi connectivity index (χ2n) is 1.60. The minimum atomic E-state index is 0. The van der Waals surface area contributed by atoms with Crippen LogP contribution in [-0.4, -0.2) is 4.98 Å². The van der Waals surface area contributed by atoms with E-state index in [1.165, 1.54) is 0 Å². The average Bonchev–Trinajstić information content (AvgIpc) is 1.80. The Bertz CT molecular complexity index is 277. The smallest absolute Gasteiger partial charge is 1.00 e. The number of aromatic amines is 1. The van der Waals surface area contributed by atoms with Gasteiger partial charge in [0.2, 0.25) is 0 Å². The Hall–Kier alpha value is 0.460. The van der Waals surface area contributed by atoms with Gasteiger partial charge in [-0.25, -0.2) is 0 Å². The number of nitrogen functional groups attached to an aromatic ring is 1. The van der Waals surface area contributed by atoms with Crippen LogP contribution in [0.1, 0.15) is 1.43 Å². The molecule has 0 bridgehead atoms. The first-order chi connectivity index (χ1) is 4.20. The van der Waals surface area contributed by atoms with E-state index in [1.807, 2.05) is 0 Å². The summed E-state index contributed by atoms with van der Waals surface area (Å²) >= 11 is 10.4. The number of halogens is 1. The second-order valence-corrected chi connectivity index (χ2v) is 2.45. The molecule has 0 aromatic carbocycles. The van der Waals surface area contributed by atoms with Crippen molar-refractivity contribution in [1.82, 2.24) is 4.98 Å². The molecule has 50 valence electrons. The van der Waals surface area contributed by atoms with E-state index in [9.17, 15) is 0 Å². The number of rotatable bonds is 0. The third kappa shape index (κ3) is 2.60. The van der Waals surface area contributed by atoms with Crippen molar-refractivity contribution in [2.24, 2.45) is 0 Å². The number of anilines is 1. The molecular weight excluding hydrogens is 179 g/mol. The Kier molecular flexibility index (Phi) is 4.56. The largest absolute Gasteiger partial charge is 1.00 e. The number of aromatic nitrogens is 1. The molecule has 0 atom stereocenters. The summed E-state index contributed by atoms with van der Waals surface area (Å²) in [6.45, 7) is 0. The molecular formula is C5H6ClN2NaS. The van der Waals surface area contributed by atoms with Gasteiger partial charge in [0.25, 0.3) is 0 Å². The zero-order valence-corrected chi connectivity index (χ0v) is 9.09. The van der Waals surface area contributed by atoms with Crippen LogP contribution in [0.5, 0.6) is 0 Å². The molecule has 0 saturated carbocycles. The van der Waals surface area contributed by atoms with Crippen LogP contribution in [0.2, 0.25) is 5.02 Å². The summed E-state index contributed by atoms with van der Waals surface area (Å²) in [4.78, 5) is 2.72. The summed E-state index contributed by atoms with van der Waals surface area (Å²) in [5.41, 5.74) is 5.35. The first-order valence-electron chi connectivity index (χ1n) is 2.34. The van der Waals surface area contributed by atoms with Gasteiger partial charge in [-0.05, 0) is 6.07 Å². The molecule has 1 aromatic heterocycles. The number of H-pyrrole nitrogens is 1. The summed E-state index contributed by atoms with van der Waals surface area (Å²) < 4.78 is 0.577. The molecule has 1 rings (SSSR count). The molecule has 2 nitrogen and oxygen atoms in total. The average molecular weight is 185 g/mol. The summed E-state index contributed by atoms with van der Waals surface area (Å²) in [5, 5.41) is 0.527. The second kappa shape index (κ2) is 4.36. The zero-order chi connectivity index (χ0) is 6.85. The summed E-state index contributed by atoms with van der Waals surface area (Å²) in [5.74, 6) is 0.532. The first-order valence-corrected chi connectivity index (χ1v) is 3.12. The van der Waals surface area contributed by atoms with Crippen molar-refractivity contribution in [2.75, 3.05) is 5.73 Å². The normalized spacial score (nSPS) is 8.50. The van der Waals surface area contributed by atoms with Gasteiger partial charge in [-0.2, -0.15) is 0 Å². The van der Waals surface area contributed by atoms with Gasteiger partial charge in [0.1, 0.15) is 5.82 Å². The quantitative estimate of drug-likeness (QED) is 0.405. The Balaban J connectivity index is 0. The zero-order valence-electron chi connectivity index (χ0n) is 6.52. The number of hydrogen-bond donors (Lipinski definition) is 2. The molecule has 0 saturated heterocycles. The van der Waals surface area contributed by atoms with Gasteiger partial charge in [-0.3, -0.25) is 0 Å². The van der Waals surface area contributed by atoms with E-state index >= 15 is 0 Å². The van der Waals surface area contributed by atoms with E-state index in [0.717, 1.165) is 0 Å². The predicted octanol–water partition coefficient (Wildman–Crippen LogP) is -0.904. The molecule has 5 heteroatoms. The fourth-order valence-corrected chi connectivity index (χ4v) is 0.765. The SMILES string of the molecule is Nc1cc(=S)c(Cl)c[nH]1.[H-].[Na+]. The maximum absolute atomic E-state index is 5.59. The van der Waals surface area contributed by atoms with Crippen molar-refractivity contribution in [3.8, 4) is 0 Å². The van der Waals surface area contributed by atoms with Gasteiger partial charge in [-0.15, -0.1) is 0 Å². The fraction of sp³-hybridized carbons (Fsp3) is 0. The Labute approximate surface area is 92.6 Å². The Morgan fingerprint density at radius 1 is 1.70 bits per heavy atom. The molecule has 3 N–H and O–H groups in total. The summed E-state index contributed by atoms with van der Waals surface area (Å²) in [6.07, 6.45) is 1.57. The maximum Gasteiger partial charge on any atom is 1.00 e. The third-order valence-electron chi connectivity index (χ3n) is 0.888. The molecule has 1 heterocycles. The molecule has 10 heavy (non-hydrogen) atoms. The molecule has 0 amide bonds. The Morgan fingerprint density at radius 2 is 2.30 bits per heavy atom. The third-order valence-corrected chi connectivity index (χ3v) is 1.65. The molecule has 0 aliphatic carbocycles. The Morgan fingerprint density at radius 3 is 2.70 bits per heavy atom. The van der Waals surface area contributed by atoms with Crippen molar-refractivity contribution in [3.05, 3.63) is 21.8 Å². The van der Waals surface area contributed by atoms with Crippen LogP contribution in [0.4, 0.5) is 5.82 Å². The fourth-order valence-electron chi connectivity index (χ4n) is 0.470. The first kappa shape index (κ1) is 10.5. The van der Waals surface area contributed by atoms with Gasteiger partial charge in [0, 0.05) is 6.20 Å². The van der Waals surface area contributed by atoms with E-state index in [2.05, 4.69) is 4.98 Å². The van der Waals surface area contributed by atoms with Gasteiger partial charge in [-0.1, -0.05) is 23.8 Å². The minimum absolute atomic E-state index is 0. The topological polar surface area (TPSA) is 41.8 Å². The van der Waals surface area contributed by atoms with Crippen molar-refractivity contribution in [2.45, 2.75) is 0 Å². The minimum Gasteiger partial charge on any atom is -1.00 e. The molecule has 1 aromatic rings. The number of nitrogens with one attached hydrogen (secondary N) is 1. The van der Waals surface area contributed by atoms with E-state index < -0.39 is 0 Å². The number of nitrogens with two attached hydrogens (primary N) is 1. The standard InChI is InChI=1S/C5H5ClN2S.Na.H/c6-3-2-8-5(7)1-4(3)9;;/h1-2H,(H3,7,8,9);;/q;+1;-1. The van der Waals surface area contributed by atoms with Crippen molar-refractivity contribution in [1.29, 1.82) is 0 Å². The molecule has 0 spiro atoms. The van der Waals surface area contributed by atoms with Crippen LogP contribution in [0.25, 0.3) is 0 Å². The predicted molar refractivity (Wildman–Crippen MR) is 42.2 cm³/mol. The van der Waals surface area contributed by atoms with Gasteiger partial charge in [0.05, 0.1) is 9.53 Å². The molecule has 0 fully saturated rings. The van der Waals surface area contributed by atoms with Crippen LogP contribution in [0.15, 0.2) is 12.3 Å². The van der Waals surface area contributed by atoms with E-state index in [0.29, 0.717) is 15.4 Å². The number of hydrogen-bond acceptors (Lipinski definition) is 2. The van der Waals surface area contributed by atoms with Crippen molar-refractivity contribution < 1.29 is 31.0 Å². The van der Waals surface area contributed by atoms with Crippen LogP contribution in [0, 0.1) is 4.51 Å². The van der Waals surface area contributed by atoms with Gasteiger partial charge < -0.3 is 12.1 Å². The monoisotopic (exact) mass is 184 g/mol. The molecule has 0 aliphatic rings. The number of pyridine rings is 1. The molecule has 0 radical (unpaired) electrons. The van der Waals surface area contributed by atoms with Crippen LogP contribution < -0.4 is 35.3 Å². The van der Waals surface area contributed by atoms with Gasteiger partial charge in [0.15, 0.2) is 0 Å². The van der Waals surface area contributed by atoms with Crippen LogP contribution in [0.3, 0.4) is 0 Å². The van der Waals surface area contributed by atoms with Crippen LogP contribution >= 0.6 is 23.8 Å².